The Balaban J connectivity index is 2.40. The number of aryl methyl sites for hydroxylation is 1. The van der Waals surface area contributed by atoms with Crippen molar-refractivity contribution in [1.82, 2.24) is 10.9 Å². The van der Waals surface area contributed by atoms with Crippen molar-refractivity contribution in [2.45, 2.75) is 25.2 Å². The Morgan fingerprint density at radius 2 is 2.12 bits per heavy atom. The van der Waals surface area contributed by atoms with Gasteiger partial charge in [0.05, 0.1) is 5.41 Å². The third-order valence-electron chi connectivity index (χ3n) is 3.19. The van der Waals surface area contributed by atoms with E-state index in [-0.39, 0.29) is 11.7 Å². The van der Waals surface area contributed by atoms with Gasteiger partial charge in [-0.25, -0.2) is 9.82 Å². The molecule has 0 bridgehead atoms. The van der Waals surface area contributed by atoms with E-state index in [0.29, 0.717) is 29.0 Å². The molecular formula is C12H14ClFN2O. The molecule has 5 heteroatoms. The van der Waals surface area contributed by atoms with Gasteiger partial charge in [0.2, 0.25) is 5.91 Å². The lowest BCUT2D eigenvalue weighted by molar-refractivity contribution is -0.124. The fourth-order valence-electron chi connectivity index (χ4n) is 1.99. The van der Waals surface area contributed by atoms with E-state index in [2.05, 4.69) is 10.9 Å². The first-order valence-electron chi connectivity index (χ1n) is 5.44. The second-order valence-corrected chi connectivity index (χ2v) is 4.77. The van der Waals surface area contributed by atoms with Crippen molar-refractivity contribution in [2.24, 2.45) is 0 Å². The van der Waals surface area contributed by atoms with E-state index in [0.717, 1.165) is 0 Å². The molecule has 2 rings (SSSR count). The molecule has 1 saturated carbocycles. The number of nitrogens with one attached hydrogen (secondary N) is 2. The second kappa shape index (κ2) is 4.27. The van der Waals surface area contributed by atoms with E-state index in [1.165, 1.54) is 6.07 Å². The molecule has 1 aromatic rings. The summed E-state index contributed by atoms with van der Waals surface area (Å²) >= 11 is 6.10. The highest BCUT2D eigenvalue weighted by atomic mass is 35.5. The maximum atomic E-state index is 13.6. The van der Waals surface area contributed by atoms with Gasteiger partial charge in [-0.1, -0.05) is 11.6 Å². The summed E-state index contributed by atoms with van der Waals surface area (Å²) in [7, 11) is 1.62. The molecule has 1 aliphatic carbocycles. The largest absolute Gasteiger partial charge is 0.291 e. The predicted molar refractivity (Wildman–Crippen MR) is 64.3 cm³/mol. The molecule has 0 unspecified atom stereocenters. The van der Waals surface area contributed by atoms with E-state index in [1.54, 1.807) is 20.0 Å². The number of benzene rings is 1. The zero-order chi connectivity index (χ0) is 12.6. The molecule has 0 atom stereocenters. The molecule has 0 aliphatic heterocycles. The van der Waals surface area contributed by atoms with E-state index in [9.17, 15) is 9.18 Å². The van der Waals surface area contributed by atoms with Gasteiger partial charge in [-0.2, -0.15) is 0 Å². The average molecular weight is 257 g/mol. The Hall–Kier alpha value is -1.13. The van der Waals surface area contributed by atoms with Gasteiger partial charge >= 0.3 is 0 Å². The van der Waals surface area contributed by atoms with Crippen molar-refractivity contribution in [2.75, 3.05) is 7.05 Å². The first-order chi connectivity index (χ1) is 8.01. The normalized spacial score (nSPS) is 16.7. The molecule has 1 amide bonds. The first-order valence-corrected chi connectivity index (χ1v) is 5.82. The van der Waals surface area contributed by atoms with Crippen LogP contribution in [-0.2, 0) is 10.2 Å². The fourth-order valence-corrected chi connectivity index (χ4v) is 2.39. The van der Waals surface area contributed by atoms with Crippen molar-refractivity contribution >= 4 is 17.5 Å². The number of carbonyl (C=O) groups excluding carboxylic acids is 1. The lowest BCUT2D eigenvalue weighted by Crippen LogP contribution is -2.41. The van der Waals surface area contributed by atoms with Crippen LogP contribution in [-0.4, -0.2) is 13.0 Å². The van der Waals surface area contributed by atoms with Crippen LogP contribution in [0.5, 0.6) is 0 Å². The fraction of sp³-hybridized carbons (Fsp3) is 0.417. The monoisotopic (exact) mass is 256 g/mol. The summed E-state index contributed by atoms with van der Waals surface area (Å²) in [5.74, 6) is -0.488. The van der Waals surface area contributed by atoms with Crippen LogP contribution in [0.3, 0.4) is 0 Å². The highest BCUT2D eigenvalue weighted by molar-refractivity contribution is 6.32. The Bertz CT molecular complexity index is 472. The minimum atomic E-state index is -0.658. The highest BCUT2D eigenvalue weighted by Gasteiger charge is 2.52. The number of hydrogen-bond donors (Lipinski definition) is 2. The summed E-state index contributed by atoms with van der Waals surface area (Å²) in [6.07, 6.45) is 1.39. The van der Waals surface area contributed by atoms with Crippen molar-refractivity contribution in [3.8, 4) is 0 Å². The minimum absolute atomic E-state index is 0.162. The highest BCUT2D eigenvalue weighted by Crippen LogP contribution is 2.51. The van der Waals surface area contributed by atoms with E-state index < -0.39 is 5.41 Å². The minimum Gasteiger partial charge on any atom is -0.291 e. The zero-order valence-corrected chi connectivity index (χ0v) is 10.5. The maximum absolute atomic E-state index is 13.6. The molecule has 1 aromatic carbocycles. The molecule has 2 N–H and O–H groups in total. The third kappa shape index (κ3) is 2.03. The molecule has 0 radical (unpaired) electrons. The van der Waals surface area contributed by atoms with Crippen LogP contribution in [0.4, 0.5) is 4.39 Å². The molecule has 0 spiro atoms. The van der Waals surface area contributed by atoms with Crippen molar-refractivity contribution in [1.29, 1.82) is 0 Å². The van der Waals surface area contributed by atoms with Gasteiger partial charge < -0.3 is 0 Å². The van der Waals surface area contributed by atoms with Crippen molar-refractivity contribution in [3.05, 3.63) is 34.1 Å². The Labute approximate surface area is 104 Å². The number of rotatable bonds is 3. The van der Waals surface area contributed by atoms with Crippen molar-refractivity contribution in [3.63, 3.8) is 0 Å². The molecule has 92 valence electrons. The van der Waals surface area contributed by atoms with E-state index >= 15 is 0 Å². The van der Waals surface area contributed by atoms with Crippen LogP contribution >= 0.6 is 11.6 Å². The Morgan fingerprint density at radius 1 is 1.47 bits per heavy atom. The van der Waals surface area contributed by atoms with E-state index in [1.807, 2.05) is 0 Å². The number of hydrazine groups is 1. The van der Waals surface area contributed by atoms with Crippen LogP contribution < -0.4 is 10.9 Å². The third-order valence-corrected chi connectivity index (χ3v) is 3.50. The van der Waals surface area contributed by atoms with Gasteiger partial charge in [-0.3, -0.25) is 10.2 Å². The summed E-state index contributed by atoms with van der Waals surface area (Å²) in [6, 6.07) is 2.94. The first kappa shape index (κ1) is 12.3. The summed E-state index contributed by atoms with van der Waals surface area (Å²) in [6.45, 7) is 1.65. The Morgan fingerprint density at radius 3 is 2.65 bits per heavy atom. The van der Waals surface area contributed by atoms with Gasteiger partial charge in [-0.15, -0.1) is 0 Å². The predicted octanol–water partition coefficient (Wildman–Crippen LogP) is 2.07. The SMILES string of the molecule is CNNC(=O)C1(c2cc(F)c(C)cc2Cl)CC1. The van der Waals surface area contributed by atoms with Gasteiger partial charge in [0.1, 0.15) is 5.82 Å². The average Bonchev–Trinajstić information content (AvgIpc) is 3.05. The number of carbonyl (C=O) groups is 1. The van der Waals surface area contributed by atoms with Crippen LogP contribution in [0.1, 0.15) is 24.0 Å². The number of halogens is 2. The van der Waals surface area contributed by atoms with Gasteiger partial charge in [0.15, 0.2) is 0 Å². The van der Waals surface area contributed by atoms with Crippen LogP contribution in [0.15, 0.2) is 12.1 Å². The van der Waals surface area contributed by atoms with Crippen LogP contribution in [0.25, 0.3) is 0 Å². The Kier molecular flexibility index (Phi) is 3.10. The van der Waals surface area contributed by atoms with Crippen LogP contribution in [0.2, 0.25) is 5.02 Å². The summed E-state index contributed by atoms with van der Waals surface area (Å²) in [5.41, 5.74) is 5.54. The smallest absolute Gasteiger partial charge is 0.244 e. The van der Waals surface area contributed by atoms with Gasteiger partial charge in [0.25, 0.3) is 0 Å². The maximum Gasteiger partial charge on any atom is 0.244 e. The number of amides is 1. The molecule has 1 fully saturated rings. The molecule has 0 aromatic heterocycles. The topological polar surface area (TPSA) is 41.1 Å². The molecule has 3 nitrogen and oxygen atoms in total. The summed E-state index contributed by atoms with van der Waals surface area (Å²) in [4.78, 5) is 11.9. The van der Waals surface area contributed by atoms with Crippen molar-refractivity contribution < 1.29 is 9.18 Å². The van der Waals surface area contributed by atoms with Gasteiger partial charge in [0, 0.05) is 12.1 Å². The summed E-state index contributed by atoms with van der Waals surface area (Å²) < 4.78 is 13.6. The molecular weight excluding hydrogens is 243 g/mol. The lowest BCUT2D eigenvalue weighted by atomic mass is 9.94. The molecule has 1 aliphatic rings. The van der Waals surface area contributed by atoms with E-state index in [4.69, 9.17) is 11.6 Å². The molecule has 17 heavy (non-hydrogen) atoms. The molecule has 0 saturated heterocycles. The van der Waals surface area contributed by atoms with Gasteiger partial charge in [-0.05, 0) is 43.0 Å². The molecule has 0 heterocycles. The quantitative estimate of drug-likeness (QED) is 0.813. The van der Waals surface area contributed by atoms with Crippen LogP contribution in [0, 0.1) is 12.7 Å². The number of hydrogen-bond acceptors (Lipinski definition) is 2. The standard InChI is InChI=1S/C12H14ClFN2O/c1-7-5-9(13)8(6-10(7)14)12(3-4-12)11(17)16-15-2/h5-6,15H,3-4H2,1-2H3,(H,16,17). The summed E-state index contributed by atoms with van der Waals surface area (Å²) in [5, 5.41) is 0.452. The zero-order valence-electron chi connectivity index (χ0n) is 9.73. The lowest BCUT2D eigenvalue weighted by Gasteiger charge is -2.17. The second-order valence-electron chi connectivity index (χ2n) is 4.37.